The average molecular weight is 285 g/mol. The normalized spacial score (nSPS) is 24.6. The van der Waals surface area contributed by atoms with Crippen molar-refractivity contribution in [3.05, 3.63) is 0 Å². The zero-order chi connectivity index (χ0) is 15.2. The van der Waals surface area contributed by atoms with Crippen LogP contribution in [0.3, 0.4) is 0 Å². The van der Waals surface area contributed by atoms with Crippen LogP contribution < -0.4 is 11.1 Å². The van der Waals surface area contributed by atoms with Crippen LogP contribution in [0.1, 0.15) is 40.0 Å². The largest absolute Gasteiger partial charge is 0.396 e. The van der Waals surface area contributed by atoms with Gasteiger partial charge in [-0.2, -0.15) is 0 Å². The quantitative estimate of drug-likeness (QED) is 0.667. The predicted octanol–water partition coefficient (Wildman–Crippen LogP) is 0.570. The van der Waals surface area contributed by atoms with Gasteiger partial charge in [-0.3, -0.25) is 9.69 Å². The van der Waals surface area contributed by atoms with Gasteiger partial charge in [0.05, 0.1) is 0 Å². The Labute approximate surface area is 122 Å². The molecule has 2 unspecified atom stereocenters. The van der Waals surface area contributed by atoms with Gasteiger partial charge in [-0.05, 0) is 25.2 Å². The van der Waals surface area contributed by atoms with Gasteiger partial charge in [-0.15, -0.1) is 0 Å². The van der Waals surface area contributed by atoms with Crippen LogP contribution in [0.25, 0.3) is 0 Å². The molecule has 0 saturated carbocycles. The molecule has 118 valence electrons. The number of amides is 1. The summed E-state index contributed by atoms with van der Waals surface area (Å²) in [6.07, 6.45) is 2.85. The molecule has 2 atom stereocenters. The Morgan fingerprint density at radius 2 is 2.10 bits per heavy atom. The highest BCUT2D eigenvalue weighted by Gasteiger charge is 2.30. The summed E-state index contributed by atoms with van der Waals surface area (Å²) in [5.74, 6) is 0.644. The fourth-order valence-electron chi connectivity index (χ4n) is 2.76. The molecule has 0 radical (unpaired) electrons. The molecule has 4 N–H and O–H groups in total. The van der Waals surface area contributed by atoms with E-state index < -0.39 is 0 Å². The standard InChI is InChI=1S/C15H31N3O2/c1-15(2,3)14(20)17-13-9-12(5-4-8-19)10-18(11-13)7-6-16/h12-13,19H,4-11,16H2,1-3H3,(H,17,20). The maximum Gasteiger partial charge on any atom is 0.225 e. The molecule has 0 aromatic heterocycles. The number of nitrogens with two attached hydrogens (primary N) is 1. The molecular formula is C15H31N3O2. The number of aliphatic hydroxyl groups is 1. The van der Waals surface area contributed by atoms with Crippen molar-refractivity contribution in [2.75, 3.05) is 32.8 Å². The molecule has 1 rings (SSSR count). The molecule has 1 fully saturated rings. The van der Waals surface area contributed by atoms with Gasteiger partial charge in [0, 0.05) is 44.2 Å². The zero-order valence-electron chi connectivity index (χ0n) is 13.2. The van der Waals surface area contributed by atoms with E-state index in [9.17, 15) is 4.79 Å². The number of hydrogen-bond donors (Lipinski definition) is 3. The molecule has 20 heavy (non-hydrogen) atoms. The number of carbonyl (C=O) groups is 1. The second-order valence-electron chi connectivity index (χ2n) is 6.94. The Morgan fingerprint density at radius 1 is 1.40 bits per heavy atom. The first-order chi connectivity index (χ1) is 9.36. The minimum atomic E-state index is -0.350. The average Bonchev–Trinajstić information content (AvgIpc) is 2.35. The summed E-state index contributed by atoms with van der Waals surface area (Å²) in [4.78, 5) is 14.5. The van der Waals surface area contributed by atoms with Crippen LogP contribution in [-0.4, -0.2) is 54.7 Å². The van der Waals surface area contributed by atoms with Gasteiger partial charge in [0.25, 0.3) is 0 Å². The number of nitrogens with one attached hydrogen (secondary N) is 1. The number of hydrogen-bond acceptors (Lipinski definition) is 4. The lowest BCUT2D eigenvalue weighted by atomic mass is 9.89. The number of rotatable bonds is 6. The van der Waals surface area contributed by atoms with E-state index in [0.717, 1.165) is 38.9 Å². The van der Waals surface area contributed by atoms with Gasteiger partial charge < -0.3 is 16.2 Å². The van der Waals surface area contributed by atoms with Crippen molar-refractivity contribution in [2.24, 2.45) is 17.1 Å². The maximum atomic E-state index is 12.1. The van der Waals surface area contributed by atoms with E-state index >= 15 is 0 Å². The molecule has 0 bridgehead atoms. The van der Waals surface area contributed by atoms with Gasteiger partial charge in [0.2, 0.25) is 5.91 Å². The van der Waals surface area contributed by atoms with Crippen molar-refractivity contribution >= 4 is 5.91 Å². The lowest BCUT2D eigenvalue weighted by molar-refractivity contribution is -0.129. The minimum Gasteiger partial charge on any atom is -0.396 e. The second-order valence-corrected chi connectivity index (χ2v) is 6.94. The third kappa shape index (κ3) is 5.77. The van der Waals surface area contributed by atoms with Crippen molar-refractivity contribution < 1.29 is 9.90 Å². The molecule has 0 aromatic rings. The molecule has 1 heterocycles. The van der Waals surface area contributed by atoms with Crippen LogP contribution in [0.5, 0.6) is 0 Å². The highest BCUT2D eigenvalue weighted by atomic mass is 16.2. The summed E-state index contributed by atoms with van der Waals surface area (Å²) in [5, 5.41) is 12.2. The van der Waals surface area contributed by atoms with Gasteiger partial charge in [0.15, 0.2) is 0 Å². The van der Waals surface area contributed by atoms with Gasteiger partial charge in [-0.25, -0.2) is 0 Å². The van der Waals surface area contributed by atoms with E-state index in [1.807, 2.05) is 20.8 Å². The Hall–Kier alpha value is -0.650. The second kappa shape index (κ2) is 7.96. The van der Waals surface area contributed by atoms with Crippen molar-refractivity contribution in [2.45, 2.75) is 46.1 Å². The molecule has 5 nitrogen and oxygen atoms in total. The van der Waals surface area contributed by atoms with E-state index in [1.54, 1.807) is 0 Å². The van der Waals surface area contributed by atoms with Crippen LogP contribution in [-0.2, 0) is 4.79 Å². The summed E-state index contributed by atoms with van der Waals surface area (Å²) < 4.78 is 0. The Morgan fingerprint density at radius 3 is 2.65 bits per heavy atom. The molecule has 0 aromatic carbocycles. The summed E-state index contributed by atoms with van der Waals surface area (Å²) >= 11 is 0. The molecule has 1 amide bonds. The highest BCUT2D eigenvalue weighted by Crippen LogP contribution is 2.22. The number of piperidine rings is 1. The summed E-state index contributed by atoms with van der Waals surface area (Å²) in [5.41, 5.74) is 5.30. The Balaban J connectivity index is 2.57. The summed E-state index contributed by atoms with van der Waals surface area (Å²) in [6, 6.07) is 0.200. The minimum absolute atomic E-state index is 0.109. The van der Waals surface area contributed by atoms with Crippen LogP contribution in [0, 0.1) is 11.3 Å². The van der Waals surface area contributed by atoms with Crippen molar-refractivity contribution in [3.63, 3.8) is 0 Å². The number of likely N-dealkylation sites (tertiary alicyclic amines) is 1. The predicted molar refractivity (Wildman–Crippen MR) is 81.3 cm³/mol. The molecule has 1 aliphatic heterocycles. The first-order valence-corrected chi connectivity index (χ1v) is 7.71. The number of nitrogens with zero attached hydrogens (tertiary/aromatic N) is 1. The first kappa shape index (κ1) is 17.4. The van der Waals surface area contributed by atoms with Crippen molar-refractivity contribution in [3.8, 4) is 0 Å². The summed E-state index contributed by atoms with van der Waals surface area (Å²) in [6.45, 7) is 9.48. The molecule has 5 heteroatoms. The number of aliphatic hydroxyl groups excluding tert-OH is 1. The van der Waals surface area contributed by atoms with Gasteiger partial charge in [0.1, 0.15) is 0 Å². The zero-order valence-corrected chi connectivity index (χ0v) is 13.2. The highest BCUT2D eigenvalue weighted by molar-refractivity contribution is 5.81. The SMILES string of the molecule is CC(C)(C)C(=O)NC1CC(CCCO)CN(CCN)C1. The van der Waals surface area contributed by atoms with Crippen LogP contribution in [0.15, 0.2) is 0 Å². The van der Waals surface area contributed by atoms with E-state index in [0.29, 0.717) is 12.5 Å². The smallest absolute Gasteiger partial charge is 0.225 e. The molecular weight excluding hydrogens is 254 g/mol. The van der Waals surface area contributed by atoms with Crippen LogP contribution in [0.4, 0.5) is 0 Å². The topological polar surface area (TPSA) is 78.6 Å². The fraction of sp³-hybridized carbons (Fsp3) is 0.933. The summed E-state index contributed by atoms with van der Waals surface area (Å²) in [7, 11) is 0. The lowest BCUT2D eigenvalue weighted by Gasteiger charge is -2.39. The molecule has 1 aliphatic rings. The lowest BCUT2D eigenvalue weighted by Crippen LogP contribution is -2.53. The Bertz CT molecular complexity index is 302. The third-order valence-corrected chi connectivity index (χ3v) is 3.85. The van der Waals surface area contributed by atoms with E-state index in [1.165, 1.54) is 0 Å². The van der Waals surface area contributed by atoms with Crippen LogP contribution in [0.2, 0.25) is 0 Å². The van der Waals surface area contributed by atoms with E-state index in [2.05, 4.69) is 10.2 Å². The fourth-order valence-corrected chi connectivity index (χ4v) is 2.76. The van der Waals surface area contributed by atoms with E-state index in [-0.39, 0.29) is 24.0 Å². The molecule has 0 spiro atoms. The van der Waals surface area contributed by atoms with Gasteiger partial charge in [-0.1, -0.05) is 20.8 Å². The molecule has 0 aliphatic carbocycles. The monoisotopic (exact) mass is 285 g/mol. The van der Waals surface area contributed by atoms with E-state index in [4.69, 9.17) is 10.8 Å². The first-order valence-electron chi connectivity index (χ1n) is 7.71. The third-order valence-electron chi connectivity index (χ3n) is 3.85. The van der Waals surface area contributed by atoms with Crippen molar-refractivity contribution in [1.82, 2.24) is 10.2 Å². The Kier molecular flexibility index (Phi) is 6.92. The maximum absolute atomic E-state index is 12.1. The van der Waals surface area contributed by atoms with Crippen molar-refractivity contribution in [1.29, 1.82) is 0 Å². The van der Waals surface area contributed by atoms with Gasteiger partial charge >= 0.3 is 0 Å². The van der Waals surface area contributed by atoms with Crippen LogP contribution >= 0.6 is 0 Å². The molecule has 1 saturated heterocycles. The number of carbonyl (C=O) groups excluding carboxylic acids is 1.